The van der Waals surface area contributed by atoms with Gasteiger partial charge in [-0.15, -0.1) is 0 Å². The second kappa shape index (κ2) is 10.7. The van der Waals surface area contributed by atoms with Gasteiger partial charge in [-0.2, -0.15) is 5.26 Å². The summed E-state index contributed by atoms with van der Waals surface area (Å²) in [5.74, 6) is -0.0709. The summed E-state index contributed by atoms with van der Waals surface area (Å²) in [6, 6.07) is 23.5. The average molecular weight is 447 g/mol. The van der Waals surface area contributed by atoms with E-state index in [0.29, 0.717) is 29.9 Å². The van der Waals surface area contributed by atoms with Gasteiger partial charge in [0.15, 0.2) is 0 Å². The van der Waals surface area contributed by atoms with Gasteiger partial charge in [0.25, 0.3) is 5.91 Å². The number of amides is 1. The van der Waals surface area contributed by atoms with Crippen molar-refractivity contribution in [1.82, 2.24) is 4.90 Å². The van der Waals surface area contributed by atoms with Gasteiger partial charge in [0.05, 0.1) is 18.2 Å². The highest BCUT2D eigenvalue weighted by Gasteiger charge is 2.14. The van der Waals surface area contributed by atoms with Crippen molar-refractivity contribution in [3.05, 3.63) is 89.5 Å². The number of hydrogen-bond donors (Lipinski definition) is 0. The first-order valence-electron chi connectivity index (χ1n) is 10.3. The summed E-state index contributed by atoms with van der Waals surface area (Å²) in [5, 5.41) is 8.93. The van der Waals surface area contributed by atoms with E-state index in [2.05, 4.69) is 6.07 Å². The van der Waals surface area contributed by atoms with E-state index in [1.54, 1.807) is 47.4 Å². The van der Waals surface area contributed by atoms with E-state index in [9.17, 15) is 13.6 Å². The molecule has 1 amide bonds. The van der Waals surface area contributed by atoms with Gasteiger partial charge < -0.3 is 9.45 Å². The van der Waals surface area contributed by atoms with Crippen molar-refractivity contribution in [1.29, 1.82) is 5.26 Å². The molecule has 0 saturated carbocycles. The Hall–Kier alpha value is -3.47. The monoisotopic (exact) mass is 446 g/mol. The number of hydrogen-bond acceptors (Lipinski definition) is 4. The lowest BCUT2D eigenvalue weighted by Gasteiger charge is -2.27. The molecule has 0 aromatic heterocycles. The fraction of sp³-hybridized carbons (Fsp3) is 0.200. The smallest absolute Gasteiger partial charge is 0.253 e. The zero-order valence-electron chi connectivity index (χ0n) is 18.0. The summed E-state index contributed by atoms with van der Waals surface area (Å²) in [5.41, 5.74) is 4.23. The molecule has 0 aliphatic rings. The largest absolute Gasteiger partial charge is 0.755 e. The van der Waals surface area contributed by atoms with Gasteiger partial charge in [-0.1, -0.05) is 36.4 Å². The normalized spacial score (nSPS) is 11.4. The minimum Gasteiger partial charge on any atom is -0.755 e. The lowest BCUT2D eigenvalue weighted by molar-refractivity contribution is 0.0773. The quantitative estimate of drug-likeness (QED) is 0.477. The lowest BCUT2D eigenvalue weighted by Crippen LogP contribution is -2.30. The average Bonchev–Trinajstić information content (AvgIpc) is 2.83. The van der Waals surface area contributed by atoms with Crippen molar-refractivity contribution in [3.8, 4) is 17.2 Å². The van der Waals surface area contributed by atoms with Crippen LogP contribution < -0.4 is 4.31 Å². The molecule has 3 rings (SSSR count). The van der Waals surface area contributed by atoms with Gasteiger partial charge >= 0.3 is 0 Å². The van der Waals surface area contributed by atoms with E-state index in [1.807, 2.05) is 44.2 Å². The fourth-order valence-electron chi connectivity index (χ4n) is 3.45. The molecular weight excluding hydrogens is 422 g/mol. The SMILES string of the molecule is CCN(CC)C(=O)c1cccc(CN(c2ccc(-c3ccc(C#N)cc3)cc2)S(=O)[O-])c1. The molecule has 0 fully saturated rings. The Labute approximate surface area is 191 Å². The predicted octanol–water partition coefficient (Wildman–Crippen LogP) is 4.51. The van der Waals surface area contributed by atoms with Crippen molar-refractivity contribution in [2.24, 2.45) is 0 Å². The lowest BCUT2D eigenvalue weighted by atomic mass is 10.0. The molecule has 1 unspecified atom stereocenters. The molecule has 0 saturated heterocycles. The number of anilines is 1. The minimum atomic E-state index is -2.49. The van der Waals surface area contributed by atoms with Gasteiger partial charge in [-0.05, 0) is 66.9 Å². The van der Waals surface area contributed by atoms with Crippen molar-refractivity contribution >= 4 is 22.9 Å². The fourth-order valence-corrected chi connectivity index (χ4v) is 4.00. The molecule has 0 heterocycles. The van der Waals surface area contributed by atoms with Crippen molar-refractivity contribution in [3.63, 3.8) is 0 Å². The van der Waals surface area contributed by atoms with Crippen LogP contribution in [0, 0.1) is 11.3 Å². The Kier molecular flexibility index (Phi) is 7.77. The highest BCUT2D eigenvalue weighted by Crippen LogP contribution is 2.25. The van der Waals surface area contributed by atoms with E-state index in [0.717, 1.165) is 16.7 Å². The number of nitriles is 1. The topological polar surface area (TPSA) is 87.5 Å². The maximum Gasteiger partial charge on any atom is 0.253 e. The summed E-state index contributed by atoms with van der Waals surface area (Å²) in [6.45, 7) is 5.19. The summed E-state index contributed by atoms with van der Waals surface area (Å²) in [7, 11) is 0. The van der Waals surface area contributed by atoms with Crippen LogP contribution in [-0.4, -0.2) is 32.7 Å². The Morgan fingerprint density at radius 2 is 1.56 bits per heavy atom. The Morgan fingerprint density at radius 1 is 0.969 bits per heavy atom. The summed E-state index contributed by atoms with van der Waals surface area (Å²) in [6.07, 6.45) is 0. The maximum absolute atomic E-state index is 12.6. The second-order valence-electron chi connectivity index (χ2n) is 7.17. The van der Waals surface area contributed by atoms with Crippen molar-refractivity contribution < 1.29 is 13.6 Å². The third-order valence-corrected chi connectivity index (χ3v) is 5.93. The van der Waals surface area contributed by atoms with E-state index in [1.165, 1.54) is 4.31 Å². The first-order valence-corrected chi connectivity index (χ1v) is 11.4. The first-order chi connectivity index (χ1) is 15.5. The van der Waals surface area contributed by atoms with E-state index < -0.39 is 11.3 Å². The number of nitrogens with zero attached hydrogens (tertiary/aromatic N) is 3. The molecule has 0 spiro atoms. The molecule has 0 aliphatic carbocycles. The second-order valence-corrected chi connectivity index (χ2v) is 8.04. The van der Waals surface area contributed by atoms with Crippen LogP contribution in [0.15, 0.2) is 72.8 Å². The summed E-state index contributed by atoms with van der Waals surface area (Å²) in [4.78, 5) is 14.4. The number of rotatable bonds is 8. The molecule has 6 nitrogen and oxygen atoms in total. The van der Waals surface area contributed by atoms with Crippen LogP contribution in [0.3, 0.4) is 0 Å². The predicted molar refractivity (Wildman–Crippen MR) is 125 cm³/mol. The molecule has 7 heteroatoms. The van der Waals surface area contributed by atoms with Gasteiger partial charge in [0.2, 0.25) is 0 Å². The van der Waals surface area contributed by atoms with Gasteiger partial charge in [0.1, 0.15) is 0 Å². The first kappa shape index (κ1) is 23.2. The molecule has 32 heavy (non-hydrogen) atoms. The van der Waals surface area contributed by atoms with Crippen LogP contribution in [0.25, 0.3) is 11.1 Å². The molecule has 0 N–H and O–H groups in total. The zero-order chi connectivity index (χ0) is 23.1. The highest BCUT2D eigenvalue weighted by molar-refractivity contribution is 7.80. The number of carbonyl (C=O) groups excluding carboxylic acids is 1. The third kappa shape index (κ3) is 5.41. The Morgan fingerprint density at radius 3 is 2.09 bits per heavy atom. The van der Waals surface area contributed by atoms with Crippen LogP contribution in [0.5, 0.6) is 0 Å². The van der Waals surface area contributed by atoms with Crippen LogP contribution in [-0.2, 0) is 17.8 Å². The van der Waals surface area contributed by atoms with Crippen LogP contribution in [0.4, 0.5) is 5.69 Å². The summed E-state index contributed by atoms with van der Waals surface area (Å²) < 4.78 is 25.2. The third-order valence-electron chi connectivity index (χ3n) is 5.23. The molecule has 1 atom stereocenters. The van der Waals surface area contributed by atoms with Gasteiger partial charge in [-0.25, -0.2) is 0 Å². The number of benzene rings is 3. The Balaban J connectivity index is 1.82. The molecule has 3 aromatic rings. The van der Waals surface area contributed by atoms with E-state index in [4.69, 9.17) is 5.26 Å². The van der Waals surface area contributed by atoms with Crippen LogP contribution >= 0.6 is 0 Å². The van der Waals surface area contributed by atoms with Gasteiger partial charge in [-0.3, -0.25) is 13.3 Å². The molecule has 0 bridgehead atoms. The minimum absolute atomic E-state index is 0.0709. The maximum atomic E-state index is 12.6. The zero-order valence-corrected chi connectivity index (χ0v) is 18.8. The molecule has 0 radical (unpaired) electrons. The Bertz CT molecular complexity index is 1130. The van der Waals surface area contributed by atoms with Crippen LogP contribution in [0.2, 0.25) is 0 Å². The standard InChI is InChI=1S/C25H25N3O3S/c1-3-27(4-2)25(29)23-7-5-6-20(16-23)18-28(32(30)31)24-14-12-22(13-15-24)21-10-8-19(17-26)9-11-21/h5-16H,3-4,18H2,1-2H3,(H,30,31)/p-1. The van der Waals surface area contributed by atoms with E-state index in [-0.39, 0.29) is 12.5 Å². The molecule has 164 valence electrons. The van der Waals surface area contributed by atoms with E-state index >= 15 is 0 Å². The molecule has 0 aliphatic heterocycles. The molecule has 3 aromatic carbocycles. The number of carbonyl (C=O) groups is 1. The highest BCUT2D eigenvalue weighted by atomic mass is 32.2. The molecular formula is C25H24N3O3S-. The van der Waals surface area contributed by atoms with Crippen molar-refractivity contribution in [2.75, 3.05) is 17.4 Å². The van der Waals surface area contributed by atoms with Crippen LogP contribution in [0.1, 0.15) is 35.3 Å². The van der Waals surface area contributed by atoms with Crippen molar-refractivity contribution in [2.45, 2.75) is 20.4 Å². The summed E-state index contributed by atoms with van der Waals surface area (Å²) >= 11 is -2.49. The van der Waals surface area contributed by atoms with Gasteiger partial charge in [0, 0.05) is 35.6 Å².